The molecule has 5 nitrogen and oxygen atoms in total. The smallest absolute Gasteiger partial charge is 0.408 e. The molecule has 0 saturated heterocycles. The predicted molar refractivity (Wildman–Crippen MR) is 80.0 cm³/mol. The van der Waals surface area contributed by atoms with E-state index in [4.69, 9.17) is 9.47 Å². The molecule has 6 heteroatoms. The molecule has 1 amide bonds. The maximum atomic E-state index is 13.3. The van der Waals surface area contributed by atoms with Crippen LogP contribution in [-0.2, 0) is 20.7 Å². The normalized spacial score (nSPS) is 12.4. The van der Waals surface area contributed by atoms with E-state index in [-0.39, 0.29) is 12.4 Å². The van der Waals surface area contributed by atoms with Crippen LogP contribution in [-0.4, -0.2) is 30.8 Å². The van der Waals surface area contributed by atoms with Gasteiger partial charge in [-0.3, -0.25) is 4.79 Å². The molecule has 1 N–H and O–H groups in total. The third-order valence-electron chi connectivity index (χ3n) is 2.79. The van der Waals surface area contributed by atoms with E-state index in [1.807, 2.05) is 0 Å². The van der Waals surface area contributed by atoms with E-state index in [0.717, 1.165) is 5.56 Å². The van der Waals surface area contributed by atoms with Crippen LogP contribution in [0.3, 0.4) is 0 Å². The molecule has 0 aliphatic heterocycles. The van der Waals surface area contributed by atoms with Gasteiger partial charge >= 0.3 is 6.09 Å². The van der Waals surface area contributed by atoms with Crippen molar-refractivity contribution >= 4 is 12.6 Å². The molecule has 1 unspecified atom stereocenters. The fourth-order valence-corrected chi connectivity index (χ4v) is 1.90. The summed E-state index contributed by atoms with van der Waals surface area (Å²) in [5.41, 5.74) is 0.728. The van der Waals surface area contributed by atoms with E-state index in [2.05, 4.69) is 5.32 Å². The van der Waals surface area contributed by atoms with Gasteiger partial charge in [-0.15, -0.1) is 0 Å². The molecule has 1 atom stereocenters. The highest BCUT2D eigenvalue weighted by Crippen LogP contribution is 2.12. The SMILES string of the molecule is Cc1cc(CC(COC=O)NC(=O)OC(C)(C)C)ccc1[18F]. The molecule has 122 valence electrons. The Morgan fingerprint density at radius 3 is 2.64 bits per heavy atom. The van der Waals surface area contributed by atoms with Gasteiger partial charge in [-0.1, -0.05) is 12.1 Å². The topological polar surface area (TPSA) is 64.6 Å². The van der Waals surface area contributed by atoms with Crippen molar-refractivity contribution in [3.05, 3.63) is 35.1 Å². The molecule has 0 aliphatic carbocycles. The monoisotopic (exact) mass is 310 g/mol. The van der Waals surface area contributed by atoms with Gasteiger partial charge in [0.2, 0.25) is 0 Å². The van der Waals surface area contributed by atoms with E-state index in [9.17, 15) is 14.0 Å². The highest BCUT2D eigenvalue weighted by Gasteiger charge is 2.20. The van der Waals surface area contributed by atoms with Gasteiger partial charge in [0.15, 0.2) is 0 Å². The Morgan fingerprint density at radius 2 is 2.09 bits per heavy atom. The first-order chi connectivity index (χ1) is 10.2. The zero-order chi connectivity index (χ0) is 16.8. The second-order valence-corrected chi connectivity index (χ2v) is 6.06. The molecular weight excluding hydrogens is 288 g/mol. The lowest BCUT2D eigenvalue weighted by atomic mass is 10.0. The summed E-state index contributed by atoms with van der Waals surface area (Å²) >= 11 is 0. The highest BCUT2D eigenvalue weighted by molar-refractivity contribution is 5.68. The molecule has 0 aliphatic rings. The molecule has 0 aromatic heterocycles. The number of aryl methyl sites for hydroxylation is 1. The summed E-state index contributed by atoms with van der Waals surface area (Å²) < 4.78 is 23.2. The summed E-state index contributed by atoms with van der Waals surface area (Å²) in [4.78, 5) is 22.2. The first-order valence-corrected chi connectivity index (χ1v) is 7.01. The lowest BCUT2D eigenvalue weighted by Gasteiger charge is -2.23. The number of amides is 1. The van der Waals surface area contributed by atoms with Crippen molar-refractivity contribution in [2.24, 2.45) is 0 Å². The minimum Gasteiger partial charge on any atom is -0.466 e. The Balaban J connectivity index is 2.72. The van der Waals surface area contributed by atoms with Gasteiger partial charge in [-0.05, 0) is 51.3 Å². The van der Waals surface area contributed by atoms with E-state index in [0.29, 0.717) is 18.5 Å². The van der Waals surface area contributed by atoms with Gasteiger partial charge < -0.3 is 14.8 Å². The molecule has 22 heavy (non-hydrogen) atoms. The molecule has 1 aromatic carbocycles. The number of hydrogen-bond acceptors (Lipinski definition) is 4. The largest absolute Gasteiger partial charge is 0.466 e. The molecule has 0 heterocycles. The lowest BCUT2D eigenvalue weighted by molar-refractivity contribution is -0.129. The third kappa shape index (κ3) is 6.56. The molecule has 0 fully saturated rings. The van der Waals surface area contributed by atoms with Crippen LogP contribution in [0.15, 0.2) is 18.2 Å². The first kappa shape index (κ1) is 17.9. The van der Waals surface area contributed by atoms with Gasteiger partial charge in [-0.25, -0.2) is 9.18 Å². The minimum atomic E-state index is -0.618. The van der Waals surface area contributed by atoms with Gasteiger partial charge in [-0.2, -0.15) is 0 Å². The van der Waals surface area contributed by atoms with Crippen LogP contribution in [0.25, 0.3) is 0 Å². The Morgan fingerprint density at radius 1 is 1.41 bits per heavy atom. The van der Waals surface area contributed by atoms with Crippen molar-refractivity contribution < 1.29 is 23.5 Å². The number of carbonyl (C=O) groups is 2. The maximum Gasteiger partial charge on any atom is 0.408 e. The van der Waals surface area contributed by atoms with Gasteiger partial charge in [0.05, 0.1) is 6.04 Å². The van der Waals surface area contributed by atoms with Crippen molar-refractivity contribution in [1.29, 1.82) is 0 Å². The van der Waals surface area contributed by atoms with Crippen LogP contribution in [0.5, 0.6) is 0 Å². The fourth-order valence-electron chi connectivity index (χ4n) is 1.90. The number of nitrogens with one attached hydrogen (secondary N) is 1. The molecule has 0 spiro atoms. The summed E-state index contributed by atoms with van der Waals surface area (Å²) in [6.45, 7) is 7.27. The summed E-state index contributed by atoms with van der Waals surface area (Å²) in [7, 11) is 0. The summed E-state index contributed by atoms with van der Waals surface area (Å²) in [5, 5.41) is 2.65. The predicted octanol–water partition coefficient (Wildman–Crippen LogP) is 2.74. The number of benzene rings is 1. The van der Waals surface area contributed by atoms with Crippen LogP contribution < -0.4 is 5.32 Å². The van der Waals surface area contributed by atoms with Crippen LogP contribution in [0, 0.1) is 12.7 Å². The first-order valence-electron chi connectivity index (χ1n) is 7.01. The van der Waals surface area contributed by atoms with E-state index >= 15 is 0 Å². The number of hydrogen-bond donors (Lipinski definition) is 1. The maximum absolute atomic E-state index is 13.3. The lowest BCUT2D eigenvalue weighted by Crippen LogP contribution is -2.42. The Hall–Kier alpha value is -2.11. The zero-order valence-corrected chi connectivity index (χ0v) is 13.3. The number of ether oxygens (including phenoxy) is 2. The van der Waals surface area contributed by atoms with Crippen molar-refractivity contribution in [2.45, 2.75) is 45.8 Å². The van der Waals surface area contributed by atoms with Crippen LogP contribution in [0.4, 0.5) is 9.18 Å². The molecule has 1 aromatic rings. The fraction of sp³-hybridized carbons (Fsp3) is 0.500. The van der Waals surface area contributed by atoms with Crippen molar-refractivity contribution in [3.63, 3.8) is 0 Å². The standard InChI is InChI=1S/C16H22FNO4/c1-11-7-12(5-6-14(11)17)8-13(9-21-10-19)18-15(20)22-16(2,3)4/h5-7,10,13H,8-9H2,1-4H3,(H,18,20)/i17-1. The van der Waals surface area contributed by atoms with Gasteiger partial charge in [0.25, 0.3) is 6.47 Å². The Kier molecular flexibility index (Phi) is 6.34. The molecule has 0 saturated carbocycles. The van der Waals surface area contributed by atoms with E-state index in [1.165, 1.54) is 6.07 Å². The highest BCUT2D eigenvalue weighted by atomic mass is 18.2. The average molecular weight is 310 g/mol. The quantitative estimate of drug-likeness (QED) is 0.821. The second kappa shape index (κ2) is 7.77. The number of rotatable bonds is 6. The second-order valence-electron chi connectivity index (χ2n) is 6.06. The summed E-state index contributed by atoms with van der Waals surface area (Å²) in [5.74, 6) is -0.287. The molecule has 0 bridgehead atoms. The minimum absolute atomic E-state index is 0.0131. The van der Waals surface area contributed by atoms with Crippen molar-refractivity contribution in [3.8, 4) is 0 Å². The molecular formula is C16H22FNO4. The Bertz CT molecular complexity index is 525. The zero-order valence-electron chi connectivity index (χ0n) is 13.3. The van der Waals surface area contributed by atoms with Gasteiger partial charge in [0, 0.05) is 0 Å². The third-order valence-corrected chi connectivity index (χ3v) is 2.79. The van der Waals surface area contributed by atoms with E-state index < -0.39 is 17.7 Å². The summed E-state index contributed by atoms with van der Waals surface area (Å²) in [6.07, 6.45) is -0.195. The van der Waals surface area contributed by atoms with Crippen LogP contribution >= 0.6 is 0 Å². The molecule has 0 radical (unpaired) electrons. The molecule has 1 rings (SSSR count). The summed E-state index contributed by atoms with van der Waals surface area (Å²) in [6, 6.07) is 4.24. The Labute approximate surface area is 129 Å². The van der Waals surface area contributed by atoms with Crippen LogP contribution in [0.2, 0.25) is 0 Å². The van der Waals surface area contributed by atoms with Crippen molar-refractivity contribution in [1.82, 2.24) is 5.32 Å². The van der Waals surface area contributed by atoms with Crippen molar-refractivity contribution in [2.75, 3.05) is 6.61 Å². The number of halogens is 1. The van der Waals surface area contributed by atoms with E-state index in [1.54, 1.807) is 39.8 Å². The van der Waals surface area contributed by atoms with Gasteiger partial charge in [0.1, 0.15) is 18.0 Å². The number of carbonyl (C=O) groups excluding carboxylic acids is 2. The average Bonchev–Trinajstić information content (AvgIpc) is 2.38. The van der Waals surface area contributed by atoms with Crippen LogP contribution in [0.1, 0.15) is 31.9 Å². The number of alkyl carbamates (subject to hydrolysis) is 1.